The standard InChI is InChI=1S/C13H13BrN2O/c1-13(17,9-5-2-3-7-11(9)14)10-6-4-8-16-12(10)15/h2-8,17H,1H3,(H2,15,16). The molecule has 3 nitrogen and oxygen atoms in total. The van der Waals surface area contributed by atoms with Crippen LogP contribution in [0.1, 0.15) is 18.1 Å². The number of anilines is 1. The molecule has 1 aromatic heterocycles. The van der Waals surface area contributed by atoms with Crippen LogP contribution in [-0.4, -0.2) is 10.1 Å². The molecule has 0 fully saturated rings. The Morgan fingerprint density at radius 2 is 1.82 bits per heavy atom. The fourth-order valence-electron chi connectivity index (χ4n) is 1.83. The number of benzene rings is 1. The van der Waals surface area contributed by atoms with Gasteiger partial charge in [0.1, 0.15) is 11.4 Å². The second-order valence-corrected chi connectivity index (χ2v) is 4.84. The van der Waals surface area contributed by atoms with Gasteiger partial charge in [0, 0.05) is 21.8 Å². The molecule has 1 heterocycles. The SMILES string of the molecule is CC(O)(c1ccccc1Br)c1cccnc1N. The highest BCUT2D eigenvalue weighted by Crippen LogP contribution is 2.35. The van der Waals surface area contributed by atoms with E-state index in [9.17, 15) is 5.11 Å². The molecular weight excluding hydrogens is 280 g/mol. The molecule has 3 N–H and O–H groups in total. The summed E-state index contributed by atoms with van der Waals surface area (Å²) in [5.74, 6) is 0.341. The highest BCUT2D eigenvalue weighted by molar-refractivity contribution is 9.10. The second kappa shape index (κ2) is 4.47. The van der Waals surface area contributed by atoms with Crippen LogP contribution >= 0.6 is 15.9 Å². The molecule has 0 spiro atoms. The maximum Gasteiger partial charge on any atom is 0.129 e. The van der Waals surface area contributed by atoms with Gasteiger partial charge >= 0.3 is 0 Å². The topological polar surface area (TPSA) is 59.1 Å². The molecule has 1 aromatic carbocycles. The van der Waals surface area contributed by atoms with Gasteiger partial charge in [0.05, 0.1) is 0 Å². The number of rotatable bonds is 2. The van der Waals surface area contributed by atoms with Gasteiger partial charge in [-0.15, -0.1) is 0 Å². The predicted molar refractivity (Wildman–Crippen MR) is 71.5 cm³/mol. The van der Waals surface area contributed by atoms with Gasteiger partial charge in [0.25, 0.3) is 0 Å². The van der Waals surface area contributed by atoms with Crippen LogP contribution in [0, 0.1) is 0 Å². The molecule has 0 bridgehead atoms. The predicted octanol–water partition coefficient (Wildman–Crippen LogP) is 2.68. The van der Waals surface area contributed by atoms with Gasteiger partial charge in [-0.25, -0.2) is 4.98 Å². The van der Waals surface area contributed by atoms with E-state index in [1.807, 2.05) is 24.3 Å². The number of pyridine rings is 1. The van der Waals surface area contributed by atoms with Crippen molar-refractivity contribution in [1.29, 1.82) is 0 Å². The molecule has 2 aromatic rings. The molecule has 0 amide bonds. The number of hydrogen-bond donors (Lipinski definition) is 2. The minimum atomic E-state index is -1.17. The van der Waals surface area contributed by atoms with E-state index in [0.29, 0.717) is 11.4 Å². The van der Waals surface area contributed by atoms with Gasteiger partial charge in [-0.3, -0.25) is 0 Å². The number of nitrogens with zero attached hydrogens (tertiary/aromatic N) is 1. The third-order valence-corrected chi connectivity index (χ3v) is 3.45. The largest absolute Gasteiger partial charge is 0.383 e. The minimum Gasteiger partial charge on any atom is -0.383 e. The van der Waals surface area contributed by atoms with Crippen LogP contribution in [0.25, 0.3) is 0 Å². The van der Waals surface area contributed by atoms with Crippen LogP contribution in [0.2, 0.25) is 0 Å². The number of aromatic nitrogens is 1. The van der Waals surface area contributed by atoms with Gasteiger partial charge in [-0.2, -0.15) is 0 Å². The van der Waals surface area contributed by atoms with E-state index in [1.54, 1.807) is 25.3 Å². The Balaban J connectivity index is 2.58. The van der Waals surface area contributed by atoms with Crippen LogP contribution in [0.15, 0.2) is 47.1 Å². The summed E-state index contributed by atoms with van der Waals surface area (Å²) in [6.45, 7) is 1.71. The van der Waals surface area contributed by atoms with E-state index in [-0.39, 0.29) is 0 Å². The van der Waals surface area contributed by atoms with E-state index in [4.69, 9.17) is 5.73 Å². The lowest BCUT2D eigenvalue weighted by molar-refractivity contribution is 0.102. The number of nitrogens with two attached hydrogens (primary N) is 1. The van der Waals surface area contributed by atoms with Crippen LogP contribution in [0.5, 0.6) is 0 Å². The van der Waals surface area contributed by atoms with Crippen LogP contribution in [-0.2, 0) is 5.60 Å². The molecular formula is C13H13BrN2O. The first-order chi connectivity index (χ1) is 8.03. The summed E-state index contributed by atoms with van der Waals surface area (Å²) >= 11 is 3.43. The van der Waals surface area contributed by atoms with Crippen molar-refractivity contribution in [3.8, 4) is 0 Å². The third-order valence-electron chi connectivity index (χ3n) is 2.76. The Morgan fingerprint density at radius 3 is 2.47 bits per heavy atom. The number of aliphatic hydroxyl groups is 1. The number of hydrogen-bond acceptors (Lipinski definition) is 3. The van der Waals surface area contributed by atoms with E-state index in [1.165, 1.54) is 0 Å². The molecule has 0 saturated heterocycles. The van der Waals surface area contributed by atoms with Crippen molar-refractivity contribution in [3.63, 3.8) is 0 Å². The lowest BCUT2D eigenvalue weighted by Crippen LogP contribution is -2.25. The van der Waals surface area contributed by atoms with E-state index >= 15 is 0 Å². The summed E-state index contributed by atoms with van der Waals surface area (Å²) in [4.78, 5) is 4.00. The zero-order valence-electron chi connectivity index (χ0n) is 9.39. The Hall–Kier alpha value is -1.39. The normalized spacial score (nSPS) is 14.3. The monoisotopic (exact) mass is 292 g/mol. The molecule has 0 aliphatic carbocycles. The molecule has 88 valence electrons. The lowest BCUT2D eigenvalue weighted by atomic mass is 9.88. The van der Waals surface area contributed by atoms with Crippen molar-refractivity contribution in [2.45, 2.75) is 12.5 Å². The first-order valence-corrected chi connectivity index (χ1v) is 6.01. The molecule has 0 aliphatic heterocycles. The summed E-state index contributed by atoms with van der Waals surface area (Å²) in [5, 5.41) is 10.7. The summed E-state index contributed by atoms with van der Waals surface area (Å²) in [5.41, 5.74) is 6.01. The van der Waals surface area contributed by atoms with Crippen molar-refractivity contribution in [1.82, 2.24) is 4.98 Å². The summed E-state index contributed by atoms with van der Waals surface area (Å²) < 4.78 is 0.841. The summed E-state index contributed by atoms with van der Waals surface area (Å²) in [6, 6.07) is 11.1. The van der Waals surface area contributed by atoms with Gasteiger partial charge in [0.2, 0.25) is 0 Å². The second-order valence-electron chi connectivity index (χ2n) is 3.99. The van der Waals surface area contributed by atoms with Gasteiger partial charge in [-0.05, 0) is 19.1 Å². The fourth-order valence-corrected chi connectivity index (χ4v) is 2.50. The van der Waals surface area contributed by atoms with Crippen LogP contribution in [0.3, 0.4) is 0 Å². The molecule has 17 heavy (non-hydrogen) atoms. The average Bonchev–Trinajstić information content (AvgIpc) is 2.29. The first kappa shape index (κ1) is 12.1. The maximum atomic E-state index is 10.7. The molecule has 0 radical (unpaired) electrons. The molecule has 1 unspecified atom stereocenters. The van der Waals surface area contributed by atoms with E-state index in [0.717, 1.165) is 10.0 Å². The van der Waals surface area contributed by atoms with Gasteiger partial charge < -0.3 is 10.8 Å². The van der Waals surface area contributed by atoms with Crippen molar-refractivity contribution >= 4 is 21.7 Å². The van der Waals surface area contributed by atoms with Crippen molar-refractivity contribution < 1.29 is 5.11 Å². The highest BCUT2D eigenvalue weighted by Gasteiger charge is 2.29. The highest BCUT2D eigenvalue weighted by atomic mass is 79.9. The van der Waals surface area contributed by atoms with Gasteiger partial charge in [0.15, 0.2) is 0 Å². The number of halogens is 1. The lowest BCUT2D eigenvalue weighted by Gasteiger charge is -2.26. The molecule has 4 heteroatoms. The Labute approximate surface area is 108 Å². The summed E-state index contributed by atoms with van der Waals surface area (Å²) in [6.07, 6.45) is 1.61. The average molecular weight is 293 g/mol. The van der Waals surface area contributed by atoms with Crippen molar-refractivity contribution in [3.05, 3.63) is 58.2 Å². The summed E-state index contributed by atoms with van der Waals surface area (Å²) in [7, 11) is 0. The molecule has 0 aliphatic rings. The van der Waals surface area contributed by atoms with E-state index in [2.05, 4.69) is 20.9 Å². The maximum absolute atomic E-state index is 10.7. The Morgan fingerprint density at radius 1 is 1.18 bits per heavy atom. The first-order valence-electron chi connectivity index (χ1n) is 5.22. The molecule has 1 atom stereocenters. The van der Waals surface area contributed by atoms with Crippen molar-refractivity contribution in [2.24, 2.45) is 0 Å². The van der Waals surface area contributed by atoms with Crippen molar-refractivity contribution in [2.75, 3.05) is 5.73 Å². The van der Waals surface area contributed by atoms with Gasteiger partial charge in [-0.1, -0.05) is 40.2 Å². The minimum absolute atomic E-state index is 0.341. The van der Waals surface area contributed by atoms with Crippen LogP contribution in [0.4, 0.5) is 5.82 Å². The quantitative estimate of drug-likeness (QED) is 0.895. The Kier molecular flexibility index (Phi) is 3.17. The number of nitrogen functional groups attached to an aromatic ring is 1. The van der Waals surface area contributed by atoms with E-state index < -0.39 is 5.60 Å². The molecule has 0 saturated carbocycles. The van der Waals surface area contributed by atoms with Crippen LogP contribution < -0.4 is 5.73 Å². The zero-order valence-corrected chi connectivity index (χ0v) is 11.0. The Bertz CT molecular complexity index is 493. The molecule has 2 rings (SSSR count). The zero-order chi connectivity index (χ0) is 12.5. The third kappa shape index (κ3) is 2.18. The fraction of sp³-hybridized carbons (Fsp3) is 0.154. The smallest absolute Gasteiger partial charge is 0.129 e.